The highest BCUT2D eigenvalue weighted by Gasteiger charge is 2.30. The summed E-state index contributed by atoms with van der Waals surface area (Å²) in [5, 5.41) is 3.35. The maximum absolute atomic E-state index is 12.6. The second kappa shape index (κ2) is 6.66. The Bertz CT molecular complexity index is 897. The van der Waals surface area contributed by atoms with E-state index in [-0.39, 0.29) is 22.8 Å². The zero-order valence-electron chi connectivity index (χ0n) is 13.8. The molecule has 2 aliphatic carbocycles. The van der Waals surface area contributed by atoms with Crippen LogP contribution in [0.2, 0.25) is 0 Å². The quantitative estimate of drug-likeness (QED) is 0.835. The molecular weight excluding hydrogens is 358 g/mol. The molecule has 0 spiro atoms. The van der Waals surface area contributed by atoms with Crippen LogP contribution in [-0.2, 0) is 14.8 Å². The van der Waals surface area contributed by atoms with Crippen LogP contribution in [-0.4, -0.2) is 25.4 Å². The molecule has 25 heavy (non-hydrogen) atoms. The predicted octanol–water partition coefficient (Wildman–Crippen LogP) is 3.26. The summed E-state index contributed by atoms with van der Waals surface area (Å²) < 4.78 is 28.8. The van der Waals surface area contributed by atoms with Gasteiger partial charge in [0.05, 0.1) is 15.1 Å². The number of fused-ring (bicyclic) bond motifs is 1. The van der Waals surface area contributed by atoms with E-state index < -0.39 is 10.0 Å². The van der Waals surface area contributed by atoms with Crippen molar-refractivity contribution < 1.29 is 13.2 Å². The fourth-order valence-electron chi connectivity index (χ4n) is 3.19. The molecule has 0 bridgehead atoms. The summed E-state index contributed by atoms with van der Waals surface area (Å²) in [5.41, 5.74) is 0.702. The number of carbonyl (C=O) groups excluding carboxylic acids is 1. The average Bonchev–Trinajstić information content (AvgIpc) is 3.35. The minimum atomic E-state index is -3.53. The summed E-state index contributed by atoms with van der Waals surface area (Å²) in [4.78, 5) is 16.5. The molecular formula is C17H21N3O3S2. The Morgan fingerprint density at radius 1 is 1.12 bits per heavy atom. The van der Waals surface area contributed by atoms with Crippen LogP contribution in [0.15, 0.2) is 23.1 Å². The highest BCUT2D eigenvalue weighted by Crippen LogP contribution is 2.33. The lowest BCUT2D eigenvalue weighted by Crippen LogP contribution is -2.36. The van der Waals surface area contributed by atoms with Gasteiger partial charge in [-0.15, -0.1) is 0 Å². The number of sulfonamides is 1. The van der Waals surface area contributed by atoms with E-state index in [0.717, 1.165) is 43.2 Å². The monoisotopic (exact) mass is 379 g/mol. The third-order valence-electron chi connectivity index (χ3n) is 4.78. The summed E-state index contributed by atoms with van der Waals surface area (Å²) in [6.07, 6.45) is 7.01. The Morgan fingerprint density at radius 3 is 2.60 bits per heavy atom. The molecule has 0 saturated heterocycles. The van der Waals surface area contributed by atoms with Gasteiger partial charge in [0, 0.05) is 12.0 Å². The van der Waals surface area contributed by atoms with Crippen molar-refractivity contribution in [2.45, 2.75) is 55.9 Å². The Kier molecular flexibility index (Phi) is 4.51. The van der Waals surface area contributed by atoms with Gasteiger partial charge in [-0.05, 0) is 43.9 Å². The summed E-state index contributed by atoms with van der Waals surface area (Å²) >= 11 is 1.31. The fourth-order valence-corrected chi connectivity index (χ4v) is 5.50. The molecule has 6 nitrogen and oxygen atoms in total. The average molecular weight is 380 g/mol. The topological polar surface area (TPSA) is 88.2 Å². The number of rotatable bonds is 5. The third kappa shape index (κ3) is 3.86. The smallest absolute Gasteiger partial charge is 0.240 e. The second-order valence-electron chi connectivity index (χ2n) is 6.87. The maximum Gasteiger partial charge on any atom is 0.240 e. The molecule has 4 rings (SSSR count). The SMILES string of the molecule is O=C(Nc1nc2ccc(S(=O)(=O)NC3CCCCC3)cc2s1)C1CC1. The highest BCUT2D eigenvalue weighted by atomic mass is 32.2. The van der Waals surface area contributed by atoms with E-state index in [1.54, 1.807) is 18.2 Å². The van der Waals surface area contributed by atoms with Gasteiger partial charge in [0.15, 0.2) is 5.13 Å². The van der Waals surface area contributed by atoms with Crippen molar-refractivity contribution in [3.05, 3.63) is 18.2 Å². The van der Waals surface area contributed by atoms with Gasteiger partial charge in [-0.3, -0.25) is 4.79 Å². The first-order chi connectivity index (χ1) is 12.0. The van der Waals surface area contributed by atoms with Crippen LogP contribution in [0.3, 0.4) is 0 Å². The molecule has 0 radical (unpaired) electrons. The number of aromatic nitrogens is 1. The van der Waals surface area contributed by atoms with Crippen LogP contribution in [0.4, 0.5) is 5.13 Å². The van der Waals surface area contributed by atoms with E-state index in [9.17, 15) is 13.2 Å². The Labute approximate surface area is 151 Å². The Morgan fingerprint density at radius 2 is 1.88 bits per heavy atom. The molecule has 0 unspecified atom stereocenters. The van der Waals surface area contributed by atoms with E-state index in [2.05, 4.69) is 15.0 Å². The molecule has 1 aromatic carbocycles. The van der Waals surface area contributed by atoms with Gasteiger partial charge >= 0.3 is 0 Å². The highest BCUT2D eigenvalue weighted by molar-refractivity contribution is 7.89. The van der Waals surface area contributed by atoms with Crippen LogP contribution in [0.5, 0.6) is 0 Å². The molecule has 1 amide bonds. The van der Waals surface area contributed by atoms with E-state index in [1.165, 1.54) is 17.8 Å². The maximum atomic E-state index is 12.6. The number of nitrogens with one attached hydrogen (secondary N) is 2. The van der Waals surface area contributed by atoms with Crippen molar-refractivity contribution in [2.75, 3.05) is 5.32 Å². The van der Waals surface area contributed by atoms with Gasteiger partial charge in [-0.25, -0.2) is 18.1 Å². The molecule has 2 aromatic rings. The molecule has 134 valence electrons. The molecule has 1 heterocycles. The van der Waals surface area contributed by atoms with Crippen LogP contribution in [0.25, 0.3) is 10.2 Å². The molecule has 0 aliphatic heterocycles. The lowest BCUT2D eigenvalue weighted by Gasteiger charge is -2.22. The minimum absolute atomic E-state index is 0.00543. The summed E-state index contributed by atoms with van der Waals surface area (Å²) in [6, 6.07) is 4.96. The molecule has 2 N–H and O–H groups in total. The van der Waals surface area contributed by atoms with Crippen LogP contribution < -0.4 is 10.0 Å². The van der Waals surface area contributed by atoms with E-state index >= 15 is 0 Å². The lowest BCUT2D eigenvalue weighted by atomic mass is 9.96. The van der Waals surface area contributed by atoms with Crippen molar-refractivity contribution in [1.29, 1.82) is 0 Å². The number of nitrogens with zero attached hydrogens (tertiary/aromatic N) is 1. The molecule has 2 aliphatic rings. The van der Waals surface area contributed by atoms with Crippen molar-refractivity contribution in [2.24, 2.45) is 5.92 Å². The first kappa shape index (κ1) is 16.9. The summed E-state index contributed by atoms with van der Waals surface area (Å²) in [7, 11) is -3.53. The van der Waals surface area contributed by atoms with Gasteiger partial charge in [-0.1, -0.05) is 30.6 Å². The van der Waals surface area contributed by atoms with E-state index in [1.807, 2.05) is 0 Å². The van der Waals surface area contributed by atoms with Crippen LogP contribution in [0, 0.1) is 5.92 Å². The number of hydrogen-bond donors (Lipinski definition) is 2. The second-order valence-corrected chi connectivity index (χ2v) is 9.61. The molecule has 1 aromatic heterocycles. The zero-order valence-corrected chi connectivity index (χ0v) is 15.5. The van der Waals surface area contributed by atoms with E-state index in [4.69, 9.17) is 0 Å². The molecule has 8 heteroatoms. The Hall–Kier alpha value is -1.51. The Balaban J connectivity index is 1.54. The van der Waals surface area contributed by atoms with Gasteiger partial charge in [0.1, 0.15) is 0 Å². The van der Waals surface area contributed by atoms with Crippen molar-refractivity contribution in [3.8, 4) is 0 Å². The van der Waals surface area contributed by atoms with Crippen molar-refractivity contribution in [1.82, 2.24) is 9.71 Å². The summed E-state index contributed by atoms with van der Waals surface area (Å²) in [5.74, 6) is 0.119. The lowest BCUT2D eigenvalue weighted by molar-refractivity contribution is -0.117. The van der Waals surface area contributed by atoms with Gasteiger partial charge in [0.25, 0.3) is 0 Å². The number of thiazole rings is 1. The predicted molar refractivity (Wildman–Crippen MR) is 98.2 cm³/mol. The minimum Gasteiger partial charge on any atom is -0.302 e. The summed E-state index contributed by atoms with van der Waals surface area (Å²) in [6.45, 7) is 0. The fraction of sp³-hybridized carbons (Fsp3) is 0.529. The van der Waals surface area contributed by atoms with Crippen LogP contribution in [0.1, 0.15) is 44.9 Å². The molecule has 0 atom stereocenters. The largest absolute Gasteiger partial charge is 0.302 e. The molecule has 2 saturated carbocycles. The van der Waals surface area contributed by atoms with Gasteiger partial charge in [0.2, 0.25) is 15.9 Å². The number of hydrogen-bond acceptors (Lipinski definition) is 5. The number of benzene rings is 1. The van der Waals surface area contributed by atoms with Crippen molar-refractivity contribution in [3.63, 3.8) is 0 Å². The van der Waals surface area contributed by atoms with Crippen LogP contribution >= 0.6 is 11.3 Å². The number of carbonyl (C=O) groups is 1. The normalized spacial score (nSPS) is 19.2. The first-order valence-corrected chi connectivity index (χ1v) is 11.0. The third-order valence-corrected chi connectivity index (χ3v) is 7.23. The standard InChI is InChI=1S/C17H21N3O3S2/c21-16(11-6-7-11)19-17-18-14-9-8-13(10-15(14)24-17)25(22,23)20-12-4-2-1-3-5-12/h8-12,20H,1-7H2,(H,18,19,21). The van der Waals surface area contributed by atoms with E-state index in [0.29, 0.717) is 10.6 Å². The first-order valence-electron chi connectivity index (χ1n) is 8.75. The zero-order chi connectivity index (χ0) is 17.4. The van der Waals surface area contributed by atoms with Crippen molar-refractivity contribution >= 4 is 42.6 Å². The number of amides is 1. The molecule has 2 fully saturated rings. The van der Waals surface area contributed by atoms with Gasteiger partial charge in [-0.2, -0.15) is 0 Å². The van der Waals surface area contributed by atoms with Gasteiger partial charge < -0.3 is 5.32 Å². The number of anilines is 1.